The molecule has 0 unspecified atom stereocenters. The van der Waals surface area contributed by atoms with E-state index in [1.54, 1.807) is 0 Å². The van der Waals surface area contributed by atoms with Gasteiger partial charge in [-0.25, -0.2) is 0 Å². The molecule has 1 saturated carbocycles. The number of carbonyl (C=O) groups is 1. The average Bonchev–Trinajstić information content (AvgIpc) is 3.54. The normalized spacial score (nSPS) is 14.1. The molecule has 0 saturated heterocycles. The number of amides is 1. The topological polar surface area (TPSA) is 59.8 Å². The predicted octanol–water partition coefficient (Wildman–Crippen LogP) is 4.87. The zero-order valence-electron chi connectivity index (χ0n) is 17.6. The molecule has 0 bridgehead atoms. The van der Waals surface area contributed by atoms with Gasteiger partial charge in [-0.3, -0.25) is 9.36 Å². The Balaban J connectivity index is 1.29. The maximum absolute atomic E-state index is 12.7. The lowest BCUT2D eigenvalue weighted by molar-refractivity contribution is -0.118. The lowest BCUT2D eigenvalue weighted by atomic mass is 9.96. The van der Waals surface area contributed by atoms with E-state index in [-0.39, 0.29) is 11.3 Å². The Labute approximate surface area is 191 Å². The van der Waals surface area contributed by atoms with Gasteiger partial charge >= 0.3 is 0 Å². The van der Waals surface area contributed by atoms with Crippen LogP contribution in [0.5, 0.6) is 0 Å². The van der Waals surface area contributed by atoms with Gasteiger partial charge in [-0.1, -0.05) is 90.6 Å². The third-order valence-electron chi connectivity index (χ3n) is 5.88. The number of hydrogen-bond donors (Lipinski definition) is 1. The van der Waals surface area contributed by atoms with E-state index in [4.69, 9.17) is 0 Å². The first-order valence-corrected chi connectivity index (χ1v) is 11.8. The second-order valence-electron chi connectivity index (χ2n) is 8.05. The van der Waals surface area contributed by atoms with Crippen LogP contribution in [-0.2, 0) is 10.2 Å². The van der Waals surface area contributed by atoms with Gasteiger partial charge in [-0.2, -0.15) is 0 Å². The second-order valence-corrected chi connectivity index (χ2v) is 9.00. The van der Waals surface area contributed by atoms with Crippen molar-refractivity contribution in [2.75, 3.05) is 12.3 Å². The number of carbonyl (C=O) groups excluding carboxylic acids is 1. The smallest absolute Gasteiger partial charge is 0.230 e. The highest BCUT2D eigenvalue weighted by Gasteiger charge is 2.44. The van der Waals surface area contributed by atoms with E-state index in [0.717, 1.165) is 29.9 Å². The maximum Gasteiger partial charge on any atom is 0.230 e. The first-order chi connectivity index (χ1) is 15.8. The van der Waals surface area contributed by atoms with Crippen molar-refractivity contribution in [3.8, 4) is 17.1 Å². The number of benzene rings is 3. The van der Waals surface area contributed by atoms with Crippen LogP contribution < -0.4 is 5.32 Å². The van der Waals surface area contributed by atoms with Crippen molar-refractivity contribution >= 4 is 17.7 Å². The van der Waals surface area contributed by atoms with Crippen LogP contribution in [0, 0.1) is 0 Å². The first kappa shape index (κ1) is 20.5. The summed E-state index contributed by atoms with van der Waals surface area (Å²) in [5.41, 5.74) is 3.37. The number of nitrogens with zero attached hydrogens (tertiary/aromatic N) is 3. The van der Waals surface area contributed by atoms with E-state index >= 15 is 0 Å². The molecule has 6 heteroatoms. The second kappa shape index (κ2) is 9.01. The fraction of sp³-hybridized carbons (Fsp3) is 0.192. The Bertz CT molecular complexity index is 1190. The first-order valence-electron chi connectivity index (χ1n) is 10.8. The molecule has 1 aromatic heterocycles. The summed E-state index contributed by atoms with van der Waals surface area (Å²) in [5.74, 6) is 1.08. The fourth-order valence-electron chi connectivity index (χ4n) is 3.91. The van der Waals surface area contributed by atoms with Crippen LogP contribution in [0.2, 0.25) is 0 Å². The van der Waals surface area contributed by atoms with Crippen molar-refractivity contribution in [1.82, 2.24) is 20.1 Å². The highest BCUT2D eigenvalue weighted by atomic mass is 32.2. The molecule has 1 N–H and O–H groups in total. The molecule has 0 radical (unpaired) electrons. The van der Waals surface area contributed by atoms with E-state index in [1.807, 2.05) is 71.3 Å². The van der Waals surface area contributed by atoms with Gasteiger partial charge in [0, 0.05) is 23.2 Å². The van der Waals surface area contributed by atoms with Gasteiger partial charge in [0.15, 0.2) is 11.0 Å². The van der Waals surface area contributed by atoms with Crippen molar-refractivity contribution in [2.45, 2.75) is 23.4 Å². The molecule has 32 heavy (non-hydrogen) atoms. The van der Waals surface area contributed by atoms with Crippen molar-refractivity contribution in [3.63, 3.8) is 0 Å². The molecular weight excluding hydrogens is 416 g/mol. The molecule has 1 aliphatic carbocycles. The van der Waals surface area contributed by atoms with Crippen molar-refractivity contribution < 1.29 is 4.79 Å². The number of para-hydroxylation sites is 1. The van der Waals surface area contributed by atoms with Crippen LogP contribution >= 0.6 is 11.8 Å². The Morgan fingerprint density at radius 3 is 2.16 bits per heavy atom. The van der Waals surface area contributed by atoms with Gasteiger partial charge in [0.1, 0.15) is 0 Å². The fourth-order valence-corrected chi connectivity index (χ4v) is 4.69. The van der Waals surface area contributed by atoms with E-state index in [2.05, 4.69) is 39.8 Å². The summed E-state index contributed by atoms with van der Waals surface area (Å²) >= 11 is 1.41. The Hall–Kier alpha value is -3.38. The molecule has 1 heterocycles. The minimum atomic E-state index is 0.0149. The van der Waals surface area contributed by atoms with Gasteiger partial charge in [0.05, 0.1) is 5.75 Å². The summed E-state index contributed by atoms with van der Waals surface area (Å²) in [6.45, 7) is 0.678. The molecule has 3 aromatic carbocycles. The number of aromatic nitrogens is 3. The number of hydrogen-bond acceptors (Lipinski definition) is 4. The summed E-state index contributed by atoms with van der Waals surface area (Å²) in [7, 11) is 0. The SMILES string of the molecule is O=C(CSc1nnc(-c2ccccc2)n1-c1ccccc1)NCC1(c2ccccc2)CC1. The molecule has 0 atom stereocenters. The third kappa shape index (κ3) is 4.32. The van der Waals surface area contributed by atoms with Gasteiger partial charge < -0.3 is 5.32 Å². The van der Waals surface area contributed by atoms with E-state index < -0.39 is 0 Å². The van der Waals surface area contributed by atoms with Crippen LogP contribution in [-0.4, -0.2) is 33.0 Å². The largest absolute Gasteiger partial charge is 0.354 e. The van der Waals surface area contributed by atoms with Crippen molar-refractivity contribution in [2.24, 2.45) is 0 Å². The monoisotopic (exact) mass is 440 g/mol. The Kier molecular flexibility index (Phi) is 5.77. The molecule has 1 fully saturated rings. The van der Waals surface area contributed by atoms with Gasteiger partial charge in [-0.05, 0) is 30.5 Å². The van der Waals surface area contributed by atoms with Gasteiger partial charge in [-0.15, -0.1) is 10.2 Å². The summed E-state index contributed by atoms with van der Waals surface area (Å²) in [4.78, 5) is 12.7. The zero-order chi connectivity index (χ0) is 21.8. The highest BCUT2D eigenvalue weighted by molar-refractivity contribution is 7.99. The Morgan fingerprint density at radius 1 is 0.875 bits per heavy atom. The third-order valence-corrected chi connectivity index (χ3v) is 6.80. The van der Waals surface area contributed by atoms with E-state index in [9.17, 15) is 4.79 Å². The molecule has 0 spiro atoms. The van der Waals surface area contributed by atoms with Crippen LogP contribution in [0.25, 0.3) is 17.1 Å². The molecule has 0 aliphatic heterocycles. The number of rotatable bonds is 8. The van der Waals surface area contributed by atoms with Gasteiger partial charge in [0.25, 0.3) is 0 Å². The van der Waals surface area contributed by atoms with Crippen LogP contribution in [0.1, 0.15) is 18.4 Å². The lowest BCUT2D eigenvalue weighted by Gasteiger charge is -2.16. The molecule has 1 amide bonds. The average molecular weight is 441 g/mol. The van der Waals surface area contributed by atoms with Crippen LogP contribution in [0.3, 0.4) is 0 Å². The number of thioether (sulfide) groups is 1. The molecule has 1 aliphatic rings. The minimum Gasteiger partial charge on any atom is -0.354 e. The van der Waals surface area contributed by atoms with E-state index in [0.29, 0.717) is 17.5 Å². The molecule has 5 rings (SSSR count). The standard InChI is InChI=1S/C26H24N4OS/c31-23(27-19-26(16-17-26)21-12-6-2-7-13-21)18-32-25-29-28-24(20-10-4-1-5-11-20)30(25)22-14-8-3-9-15-22/h1-15H,16-19H2,(H,27,31). The number of nitrogens with one attached hydrogen (secondary N) is 1. The van der Waals surface area contributed by atoms with Crippen molar-refractivity contribution in [1.29, 1.82) is 0 Å². The van der Waals surface area contributed by atoms with Crippen molar-refractivity contribution in [3.05, 3.63) is 96.6 Å². The Morgan fingerprint density at radius 2 is 1.50 bits per heavy atom. The lowest BCUT2D eigenvalue weighted by Crippen LogP contribution is -2.33. The highest BCUT2D eigenvalue weighted by Crippen LogP contribution is 2.47. The zero-order valence-corrected chi connectivity index (χ0v) is 18.5. The molecule has 5 nitrogen and oxygen atoms in total. The summed E-state index contributed by atoms with van der Waals surface area (Å²) < 4.78 is 2.01. The van der Waals surface area contributed by atoms with Crippen LogP contribution in [0.4, 0.5) is 0 Å². The van der Waals surface area contributed by atoms with Crippen LogP contribution in [0.15, 0.2) is 96.2 Å². The predicted molar refractivity (Wildman–Crippen MR) is 128 cm³/mol. The molecule has 160 valence electrons. The van der Waals surface area contributed by atoms with Gasteiger partial charge in [0.2, 0.25) is 5.91 Å². The summed E-state index contributed by atoms with van der Waals surface area (Å²) in [6, 6.07) is 30.5. The maximum atomic E-state index is 12.7. The molecular formula is C26H24N4OS. The quantitative estimate of drug-likeness (QED) is 0.397. The molecule has 4 aromatic rings. The summed E-state index contributed by atoms with van der Waals surface area (Å²) in [6.07, 6.45) is 2.24. The van der Waals surface area contributed by atoms with E-state index in [1.165, 1.54) is 17.3 Å². The minimum absolute atomic E-state index is 0.0149. The summed E-state index contributed by atoms with van der Waals surface area (Å²) in [5, 5.41) is 12.7.